The zero-order valence-corrected chi connectivity index (χ0v) is 26.6. The Bertz CT molecular complexity index is 2720. The Balaban J connectivity index is 1.32. The Labute approximate surface area is 277 Å². The van der Waals surface area contributed by atoms with Crippen molar-refractivity contribution >= 4 is 43.6 Å². The summed E-state index contributed by atoms with van der Waals surface area (Å²) in [5.41, 5.74) is 8.98. The van der Waals surface area contributed by atoms with E-state index in [4.69, 9.17) is 14.7 Å². The molecule has 48 heavy (non-hydrogen) atoms. The molecule has 0 amide bonds. The molecule has 4 heterocycles. The zero-order valence-electron chi connectivity index (χ0n) is 26.6. The Morgan fingerprint density at radius 2 is 1.17 bits per heavy atom. The summed E-state index contributed by atoms with van der Waals surface area (Å²) in [6, 6.07) is 50.8. The van der Waals surface area contributed by atoms with Gasteiger partial charge in [-0.25, -0.2) is 9.97 Å². The van der Waals surface area contributed by atoms with Gasteiger partial charge in [0, 0.05) is 49.3 Å². The van der Waals surface area contributed by atoms with Crippen LogP contribution in [0.2, 0.25) is 0 Å². The van der Waals surface area contributed by atoms with E-state index in [2.05, 4.69) is 150 Å². The lowest BCUT2D eigenvalue weighted by atomic mass is 9.75. The summed E-state index contributed by atoms with van der Waals surface area (Å²) < 4.78 is 11.7. The van der Waals surface area contributed by atoms with E-state index in [1.807, 2.05) is 18.2 Å². The number of rotatable bonds is 3. The van der Waals surface area contributed by atoms with Crippen molar-refractivity contribution in [1.82, 2.24) is 19.1 Å². The minimum absolute atomic E-state index is 0.364. The lowest BCUT2D eigenvalue weighted by Gasteiger charge is -2.34. The van der Waals surface area contributed by atoms with Crippen LogP contribution in [0.25, 0.3) is 66.5 Å². The molecule has 0 spiro atoms. The minimum atomic E-state index is -0.364. The fourth-order valence-corrected chi connectivity index (χ4v) is 7.79. The Morgan fingerprint density at radius 3 is 1.94 bits per heavy atom. The third kappa shape index (κ3) is 3.67. The summed E-state index contributed by atoms with van der Waals surface area (Å²) in [7, 11) is 0. The van der Waals surface area contributed by atoms with Crippen molar-refractivity contribution in [3.8, 4) is 34.5 Å². The third-order valence-electron chi connectivity index (χ3n) is 9.97. The van der Waals surface area contributed by atoms with Gasteiger partial charge in [0.25, 0.3) is 0 Å². The molecule has 0 saturated carbocycles. The average molecular weight is 619 g/mol. The molecule has 0 N–H and O–H groups in total. The van der Waals surface area contributed by atoms with Gasteiger partial charge in [0.05, 0.1) is 22.2 Å². The molecular weight excluding hydrogens is 589 g/mol. The van der Waals surface area contributed by atoms with Gasteiger partial charge in [-0.1, -0.05) is 129 Å². The lowest BCUT2D eigenvalue weighted by molar-refractivity contribution is 0.403. The number of hydrogen-bond donors (Lipinski definition) is 0. The van der Waals surface area contributed by atoms with E-state index in [0.717, 1.165) is 72.4 Å². The largest absolute Gasteiger partial charge is 0.438 e. The highest BCUT2D eigenvalue weighted by Crippen LogP contribution is 2.55. The number of ether oxygens (including phenoxy) is 1. The van der Waals surface area contributed by atoms with Crippen LogP contribution in [0.15, 0.2) is 146 Å². The summed E-state index contributed by atoms with van der Waals surface area (Å²) >= 11 is 0. The van der Waals surface area contributed by atoms with Crippen LogP contribution in [0.4, 0.5) is 0 Å². The first kappa shape index (κ1) is 27.0. The predicted molar refractivity (Wildman–Crippen MR) is 195 cm³/mol. The van der Waals surface area contributed by atoms with Crippen LogP contribution in [-0.2, 0) is 5.41 Å². The second kappa shape index (κ2) is 9.90. The quantitative estimate of drug-likeness (QED) is 0.198. The van der Waals surface area contributed by atoms with Crippen LogP contribution >= 0.6 is 0 Å². The first-order chi connectivity index (χ1) is 23.6. The first-order valence-electron chi connectivity index (χ1n) is 16.4. The summed E-state index contributed by atoms with van der Waals surface area (Å²) in [6.45, 7) is 4.63. The molecule has 0 atom stereocenters. The van der Waals surface area contributed by atoms with Crippen molar-refractivity contribution in [2.45, 2.75) is 19.3 Å². The number of benzene rings is 6. The molecular formula is C43H30N4O. The fourth-order valence-electron chi connectivity index (χ4n) is 7.79. The van der Waals surface area contributed by atoms with Gasteiger partial charge in [-0.15, -0.1) is 0 Å². The molecule has 228 valence electrons. The van der Waals surface area contributed by atoms with E-state index in [1.165, 1.54) is 10.9 Å². The van der Waals surface area contributed by atoms with Crippen LogP contribution in [0, 0.1) is 0 Å². The van der Waals surface area contributed by atoms with E-state index in [1.54, 1.807) is 0 Å². The number of nitrogens with zero attached hydrogens (tertiary/aromatic N) is 4. The van der Waals surface area contributed by atoms with Gasteiger partial charge < -0.3 is 4.74 Å². The molecule has 0 saturated heterocycles. The summed E-state index contributed by atoms with van der Waals surface area (Å²) in [4.78, 5) is 10.6. The summed E-state index contributed by atoms with van der Waals surface area (Å²) in [6.07, 6.45) is 0. The molecule has 3 aromatic heterocycles. The molecule has 0 bridgehead atoms. The maximum Gasteiger partial charge on any atom is 0.235 e. The summed E-state index contributed by atoms with van der Waals surface area (Å²) in [5.74, 6) is 2.29. The van der Waals surface area contributed by atoms with Crippen molar-refractivity contribution < 1.29 is 4.74 Å². The predicted octanol–water partition coefficient (Wildman–Crippen LogP) is 10.8. The van der Waals surface area contributed by atoms with E-state index >= 15 is 0 Å². The number of para-hydroxylation sites is 4. The van der Waals surface area contributed by atoms with E-state index in [9.17, 15) is 0 Å². The molecule has 6 aromatic carbocycles. The highest BCUT2D eigenvalue weighted by Gasteiger charge is 2.41. The second-order valence-electron chi connectivity index (χ2n) is 13.0. The van der Waals surface area contributed by atoms with Gasteiger partial charge in [0.2, 0.25) is 11.8 Å². The Morgan fingerprint density at radius 1 is 0.542 bits per heavy atom. The highest BCUT2D eigenvalue weighted by atomic mass is 16.5. The van der Waals surface area contributed by atoms with Crippen molar-refractivity contribution in [3.05, 3.63) is 157 Å². The van der Waals surface area contributed by atoms with Crippen molar-refractivity contribution in [3.63, 3.8) is 0 Å². The van der Waals surface area contributed by atoms with Crippen LogP contribution in [-0.4, -0.2) is 19.1 Å². The van der Waals surface area contributed by atoms with Crippen LogP contribution < -0.4 is 4.74 Å². The normalized spacial score (nSPS) is 13.5. The van der Waals surface area contributed by atoms with Crippen LogP contribution in [0.5, 0.6) is 11.6 Å². The summed E-state index contributed by atoms with van der Waals surface area (Å²) in [5, 5.41) is 4.44. The molecule has 0 radical (unpaired) electrons. The van der Waals surface area contributed by atoms with Gasteiger partial charge in [-0.3, -0.25) is 9.13 Å². The van der Waals surface area contributed by atoms with Gasteiger partial charge >= 0.3 is 0 Å². The smallest absolute Gasteiger partial charge is 0.235 e. The lowest BCUT2D eigenvalue weighted by Crippen LogP contribution is -2.25. The Kier molecular flexibility index (Phi) is 5.56. The Hall–Kier alpha value is -6.20. The zero-order chi connectivity index (χ0) is 32.0. The van der Waals surface area contributed by atoms with Crippen molar-refractivity contribution in [2.24, 2.45) is 0 Å². The monoisotopic (exact) mass is 618 g/mol. The van der Waals surface area contributed by atoms with Crippen molar-refractivity contribution in [1.29, 1.82) is 0 Å². The van der Waals surface area contributed by atoms with Gasteiger partial charge in [0.15, 0.2) is 5.75 Å². The van der Waals surface area contributed by atoms with E-state index in [-0.39, 0.29) is 5.41 Å². The van der Waals surface area contributed by atoms with E-state index < -0.39 is 0 Å². The van der Waals surface area contributed by atoms with Crippen molar-refractivity contribution in [2.75, 3.05) is 0 Å². The molecule has 0 unspecified atom stereocenters. The van der Waals surface area contributed by atoms with Crippen LogP contribution in [0.3, 0.4) is 0 Å². The minimum Gasteiger partial charge on any atom is -0.438 e. The molecule has 9 aromatic rings. The molecule has 5 nitrogen and oxygen atoms in total. The third-order valence-corrected chi connectivity index (χ3v) is 9.97. The van der Waals surface area contributed by atoms with Gasteiger partial charge in [-0.05, 0) is 30.3 Å². The number of aromatic nitrogens is 4. The molecule has 5 heteroatoms. The number of fused-ring (bicyclic) bond motifs is 9. The highest BCUT2D eigenvalue weighted by molar-refractivity contribution is 6.12. The van der Waals surface area contributed by atoms with Gasteiger partial charge in [-0.2, -0.15) is 0 Å². The van der Waals surface area contributed by atoms with E-state index in [0.29, 0.717) is 5.95 Å². The number of hydrogen-bond acceptors (Lipinski definition) is 3. The standard InChI is InChI=1S/C43H30N4O/c1-43(2)33-26-25-30-29-19-10-13-23-35(29)47(42-44-34-22-12-9-20-31(34)38(45-42)27-15-5-3-6-16-27)39(30)40(33)48-41-37(43)32-21-11-14-24-36(32)46(41)28-17-7-4-8-18-28/h3-26H,1-2H3. The average Bonchev–Trinajstić information content (AvgIpc) is 3.66. The first-order valence-corrected chi connectivity index (χ1v) is 16.4. The molecule has 0 aliphatic carbocycles. The molecule has 1 aliphatic rings. The molecule has 0 fully saturated rings. The SMILES string of the molecule is CC1(C)c2ccc3c4ccccc4n(-c4nc(-c5ccccc5)c5ccccc5n4)c3c2Oc2c1c1ccccc1n2-c1ccccc1. The topological polar surface area (TPSA) is 44.9 Å². The fraction of sp³-hybridized carbons (Fsp3) is 0.0698. The maximum atomic E-state index is 7.28. The molecule has 10 rings (SSSR count). The maximum absolute atomic E-state index is 7.28. The second-order valence-corrected chi connectivity index (χ2v) is 13.0. The van der Waals surface area contributed by atoms with Crippen LogP contribution in [0.1, 0.15) is 25.0 Å². The van der Waals surface area contributed by atoms with Gasteiger partial charge in [0.1, 0.15) is 5.52 Å². The molecule has 1 aliphatic heterocycles.